The van der Waals surface area contributed by atoms with E-state index in [0.29, 0.717) is 11.1 Å². The van der Waals surface area contributed by atoms with E-state index in [-0.39, 0.29) is 17.7 Å². The third kappa shape index (κ3) is 2.05. The summed E-state index contributed by atoms with van der Waals surface area (Å²) in [5.41, 5.74) is 3.38. The second-order valence-corrected chi connectivity index (χ2v) is 5.10. The highest BCUT2D eigenvalue weighted by Crippen LogP contribution is 2.30. The van der Waals surface area contributed by atoms with Crippen LogP contribution in [0.1, 0.15) is 71.4 Å². The van der Waals surface area contributed by atoms with Gasteiger partial charge in [-0.3, -0.25) is 14.9 Å². The summed E-state index contributed by atoms with van der Waals surface area (Å²) in [4.78, 5) is 23.5. The third-order valence-electron chi connectivity index (χ3n) is 3.41. The first-order valence-corrected chi connectivity index (χ1v) is 6.57. The Morgan fingerprint density at radius 3 is 2.50 bits per heavy atom. The number of hydrogen-bond donors (Lipinski definition) is 1. The average molecular weight is 245 g/mol. The highest BCUT2D eigenvalue weighted by atomic mass is 16.2. The molecule has 1 aliphatic rings. The minimum Gasteiger partial charge on any atom is -0.288 e. The number of carbonyl (C=O) groups is 2. The number of rotatable bonds is 4. The first kappa shape index (κ1) is 12.8. The highest BCUT2D eigenvalue weighted by molar-refractivity contribution is 6.22. The molecule has 18 heavy (non-hydrogen) atoms. The predicted octanol–water partition coefficient (Wildman–Crippen LogP) is 3.04. The summed E-state index contributed by atoms with van der Waals surface area (Å²) in [5.74, 6) is -0.251. The lowest BCUT2D eigenvalue weighted by molar-refractivity contribution is 0.0879. The molecular formula is C15H19NO2. The lowest BCUT2D eigenvalue weighted by atomic mass is 9.87. The smallest absolute Gasteiger partial charge is 0.259 e. The molecule has 0 fully saturated rings. The van der Waals surface area contributed by atoms with Gasteiger partial charge in [-0.25, -0.2) is 0 Å². The molecule has 1 aromatic rings. The molecule has 3 heteroatoms. The molecule has 0 aliphatic carbocycles. The summed E-state index contributed by atoms with van der Waals surface area (Å²) >= 11 is 0. The van der Waals surface area contributed by atoms with Crippen LogP contribution in [-0.4, -0.2) is 11.8 Å². The maximum atomic E-state index is 11.9. The van der Waals surface area contributed by atoms with Crippen LogP contribution in [0.2, 0.25) is 0 Å². The predicted molar refractivity (Wildman–Crippen MR) is 70.9 cm³/mol. The van der Waals surface area contributed by atoms with E-state index in [1.54, 1.807) is 6.07 Å². The van der Waals surface area contributed by atoms with Crippen LogP contribution in [0, 0.1) is 0 Å². The first-order chi connectivity index (χ1) is 8.56. The largest absolute Gasteiger partial charge is 0.288 e. The van der Waals surface area contributed by atoms with Crippen LogP contribution in [0.4, 0.5) is 0 Å². The number of amides is 2. The molecule has 1 aromatic carbocycles. The Hall–Kier alpha value is -1.64. The van der Waals surface area contributed by atoms with Crippen molar-refractivity contribution in [3.63, 3.8) is 0 Å². The first-order valence-electron chi connectivity index (χ1n) is 6.57. The van der Waals surface area contributed by atoms with E-state index in [9.17, 15) is 9.59 Å². The zero-order valence-electron chi connectivity index (χ0n) is 11.2. The zero-order chi connectivity index (χ0) is 13.3. The number of carbonyl (C=O) groups excluding carboxylic acids is 2. The second-order valence-electron chi connectivity index (χ2n) is 5.10. The van der Waals surface area contributed by atoms with Crippen molar-refractivity contribution in [3.05, 3.63) is 34.4 Å². The Kier molecular flexibility index (Phi) is 3.50. The molecule has 3 nitrogen and oxygen atoms in total. The Morgan fingerprint density at radius 2 is 1.89 bits per heavy atom. The fourth-order valence-corrected chi connectivity index (χ4v) is 2.57. The molecule has 2 rings (SSSR count). The minimum atomic E-state index is -0.265. The summed E-state index contributed by atoms with van der Waals surface area (Å²) in [6.07, 6.45) is 3.20. The van der Waals surface area contributed by atoms with Gasteiger partial charge in [0, 0.05) is 0 Å². The molecule has 0 saturated heterocycles. The monoisotopic (exact) mass is 245 g/mol. The van der Waals surface area contributed by atoms with E-state index >= 15 is 0 Å². The van der Waals surface area contributed by atoms with Crippen molar-refractivity contribution < 1.29 is 9.59 Å². The van der Waals surface area contributed by atoms with Crippen molar-refractivity contribution in [3.8, 4) is 0 Å². The molecule has 2 amide bonds. The summed E-state index contributed by atoms with van der Waals surface area (Å²) in [6.45, 7) is 6.29. The molecule has 0 spiro atoms. The van der Waals surface area contributed by atoms with Crippen molar-refractivity contribution in [2.24, 2.45) is 0 Å². The van der Waals surface area contributed by atoms with E-state index in [1.165, 1.54) is 5.56 Å². The Labute approximate surface area is 108 Å². The number of benzene rings is 1. The molecule has 96 valence electrons. The number of aryl methyl sites for hydroxylation is 1. The van der Waals surface area contributed by atoms with Crippen LogP contribution < -0.4 is 5.32 Å². The van der Waals surface area contributed by atoms with Gasteiger partial charge in [-0.05, 0) is 36.0 Å². The van der Waals surface area contributed by atoms with Crippen molar-refractivity contribution in [2.45, 2.75) is 46.0 Å². The molecule has 0 aromatic heterocycles. The summed E-state index contributed by atoms with van der Waals surface area (Å²) in [6, 6.07) is 3.79. The van der Waals surface area contributed by atoms with E-state index in [1.807, 2.05) is 6.07 Å². The van der Waals surface area contributed by atoms with Crippen LogP contribution in [0.3, 0.4) is 0 Å². The molecule has 0 unspecified atom stereocenters. The fraction of sp³-hybridized carbons (Fsp3) is 0.467. The van der Waals surface area contributed by atoms with Crippen LogP contribution in [0.15, 0.2) is 12.1 Å². The van der Waals surface area contributed by atoms with Crippen LogP contribution in [0.25, 0.3) is 0 Å². The molecule has 0 radical (unpaired) electrons. The number of hydrogen-bond acceptors (Lipinski definition) is 2. The zero-order valence-corrected chi connectivity index (χ0v) is 11.2. The topological polar surface area (TPSA) is 46.2 Å². The third-order valence-corrected chi connectivity index (χ3v) is 3.41. The normalized spacial score (nSPS) is 14.0. The van der Waals surface area contributed by atoms with Crippen molar-refractivity contribution >= 4 is 11.8 Å². The second kappa shape index (κ2) is 4.92. The van der Waals surface area contributed by atoms with Crippen molar-refractivity contribution in [1.29, 1.82) is 0 Å². The molecule has 0 saturated carbocycles. The van der Waals surface area contributed by atoms with Crippen LogP contribution in [-0.2, 0) is 6.42 Å². The van der Waals surface area contributed by atoms with E-state index in [4.69, 9.17) is 0 Å². The number of nitrogens with one attached hydrogen (secondary N) is 1. The molecule has 1 N–H and O–H groups in total. The number of fused-ring (bicyclic) bond motifs is 1. The Balaban J connectivity index is 2.55. The van der Waals surface area contributed by atoms with Gasteiger partial charge in [-0.2, -0.15) is 0 Å². The van der Waals surface area contributed by atoms with Crippen LogP contribution in [0.5, 0.6) is 0 Å². The molecular weight excluding hydrogens is 226 g/mol. The summed E-state index contributed by atoms with van der Waals surface area (Å²) in [7, 11) is 0. The Morgan fingerprint density at radius 1 is 1.17 bits per heavy atom. The quantitative estimate of drug-likeness (QED) is 0.829. The minimum absolute atomic E-state index is 0.239. The molecule has 0 atom stereocenters. The van der Waals surface area contributed by atoms with Gasteiger partial charge in [0.25, 0.3) is 11.8 Å². The van der Waals surface area contributed by atoms with Gasteiger partial charge in [0.1, 0.15) is 0 Å². The maximum absolute atomic E-state index is 11.9. The highest BCUT2D eigenvalue weighted by Gasteiger charge is 2.31. The summed E-state index contributed by atoms with van der Waals surface area (Å²) in [5, 5.41) is 2.38. The average Bonchev–Trinajstić information content (AvgIpc) is 2.61. The van der Waals surface area contributed by atoms with Gasteiger partial charge in [-0.15, -0.1) is 0 Å². The lowest BCUT2D eigenvalue weighted by Gasteiger charge is -2.15. The van der Waals surface area contributed by atoms with E-state index in [2.05, 4.69) is 26.1 Å². The van der Waals surface area contributed by atoms with E-state index < -0.39 is 0 Å². The van der Waals surface area contributed by atoms with Gasteiger partial charge in [-0.1, -0.05) is 33.3 Å². The molecule has 1 aliphatic heterocycles. The Bertz CT molecular complexity index is 503. The standard InChI is InChI=1S/C15H19NO2/c1-4-5-6-10-7-8-11-13(12(10)9(2)3)15(18)16-14(11)17/h7-9H,4-6H2,1-3H3,(H,16,17,18). The summed E-state index contributed by atoms with van der Waals surface area (Å²) < 4.78 is 0. The maximum Gasteiger partial charge on any atom is 0.259 e. The molecule has 0 bridgehead atoms. The van der Waals surface area contributed by atoms with Crippen molar-refractivity contribution in [2.75, 3.05) is 0 Å². The van der Waals surface area contributed by atoms with Crippen LogP contribution >= 0.6 is 0 Å². The van der Waals surface area contributed by atoms with E-state index in [0.717, 1.165) is 24.8 Å². The van der Waals surface area contributed by atoms with Gasteiger partial charge in [0.05, 0.1) is 11.1 Å². The number of imide groups is 1. The number of unbranched alkanes of at least 4 members (excludes halogenated alkanes) is 1. The van der Waals surface area contributed by atoms with Gasteiger partial charge >= 0.3 is 0 Å². The lowest BCUT2D eigenvalue weighted by Crippen LogP contribution is -2.20. The van der Waals surface area contributed by atoms with Gasteiger partial charge in [0.2, 0.25) is 0 Å². The van der Waals surface area contributed by atoms with Gasteiger partial charge in [0.15, 0.2) is 0 Å². The SMILES string of the molecule is CCCCc1ccc2c(c1C(C)C)C(=O)NC2=O. The molecule has 1 heterocycles. The fourth-order valence-electron chi connectivity index (χ4n) is 2.57. The van der Waals surface area contributed by atoms with Gasteiger partial charge < -0.3 is 0 Å². The van der Waals surface area contributed by atoms with Crippen molar-refractivity contribution in [1.82, 2.24) is 5.32 Å².